The van der Waals surface area contributed by atoms with Crippen LogP contribution in [0.1, 0.15) is 27.2 Å². The van der Waals surface area contributed by atoms with E-state index in [1.165, 1.54) is 5.69 Å². The topological polar surface area (TPSA) is 58.4 Å². The molecule has 0 saturated carbocycles. The van der Waals surface area contributed by atoms with Gasteiger partial charge in [0.05, 0.1) is 6.04 Å². The van der Waals surface area contributed by atoms with E-state index in [1.54, 1.807) is 0 Å². The monoisotopic (exact) mass is 439 g/mol. The van der Waals surface area contributed by atoms with E-state index in [4.69, 9.17) is 5.73 Å². The van der Waals surface area contributed by atoms with Crippen molar-refractivity contribution in [3.05, 3.63) is 28.7 Å². The van der Waals surface area contributed by atoms with E-state index in [-0.39, 0.29) is 36.1 Å². The van der Waals surface area contributed by atoms with Gasteiger partial charge in [0.1, 0.15) is 0 Å². The smallest absolute Gasteiger partial charge is 0.237 e. The van der Waals surface area contributed by atoms with Crippen LogP contribution in [0.25, 0.3) is 0 Å². The minimum atomic E-state index is -0.462. The third-order valence-electron chi connectivity index (χ3n) is 4.26. The Kier molecular flexibility index (Phi) is 9.65. The summed E-state index contributed by atoms with van der Waals surface area (Å²) in [7, 11) is 0. The molecule has 2 atom stereocenters. The number of benzene rings is 1. The molecule has 1 aromatic rings. The number of hydrogen-bond acceptors (Lipinski definition) is 3. The van der Waals surface area contributed by atoms with Crippen LogP contribution in [0, 0.1) is 11.3 Å². The van der Waals surface area contributed by atoms with Crippen LogP contribution in [0.4, 0.5) is 5.69 Å². The van der Waals surface area contributed by atoms with Gasteiger partial charge in [0.25, 0.3) is 0 Å². The molecule has 0 spiro atoms. The number of nitrogens with one attached hydrogen (secondary N) is 1. The fourth-order valence-electron chi connectivity index (χ4n) is 2.63. The standard InChI is InChI=1S/C17H26BrN3O.2ClH/c1-17(2,3)15(19)16(22)20-10-12-8-9-21(11-12)14-6-4-13(18)5-7-14;;/h4-7,12,15H,8-11,19H2,1-3H3,(H,20,22);2*1H/t12?,15-;;/m1../s1. The normalized spacial score (nSPS) is 18.4. The van der Waals surface area contributed by atoms with Gasteiger partial charge in [-0.05, 0) is 42.0 Å². The fraction of sp³-hybridized carbons (Fsp3) is 0.588. The maximum absolute atomic E-state index is 12.1. The summed E-state index contributed by atoms with van der Waals surface area (Å²) in [4.78, 5) is 14.4. The van der Waals surface area contributed by atoms with Crippen molar-refractivity contribution in [2.75, 3.05) is 24.5 Å². The summed E-state index contributed by atoms with van der Waals surface area (Å²) in [6.07, 6.45) is 1.10. The van der Waals surface area contributed by atoms with Crippen LogP contribution in [-0.4, -0.2) is 31.6 Å². The second-order valence-electron chi connectivity index (χ2n) is 7.17. The summed E-state index contributed by atoms with van der Waals surface area (Å²) in [6.45, 7) is 8.68. The lowest BCUT2D eigenvalue weighted by molar-refractivity contribution is -0.124. The number of anilines is 1. The average molecular weight is 441 g/mol. The third-order valence-corrected chi connectivity index (χ3v) is 4.79. The highest BCUT2D eigenvalue weighted by Crippen LogP contribution is 2.25. The first-order valence-electron chi connectivity index (χ1n) is 7.81. The van der Waals surface area contributed by atoms with Crippen molar-refractivity contribution in [3.63, 3.8) is 0 Å². The quantitative estimate of drug-likeness (QED) is 0.751. The predicted molar refractivity (Wildman–Crippen MR) is 109 cm³/mol. The van der Waals surface area contributed by atoms with Crippen molar-refractivity contribution >= 4 is 52.3 Å². The zero-order valence-electron chi connectivity index (χ0n) is 14.4. The van der Waals surface area contributed by atoms with Gasteiger partial charge in [-0.2, -0.15) is 0 Å². The molecule has 4 nitrogen and oxygen atoms in total. The van der Waals surface area contributed by atoms with Gasteiger partial charge in [0.2, 0.25) is 5.91 Å². The Morgan fingerprint density at radius 1 is 1.33 bits per heavy atom. The van der Waals surface area contributed by atoms with Crippen molar-refractivity contribution in [1.82, 2.24) is 5.32 Å². The first kappa shape index (κ1) is 23.5. The summed E-state index contributed by atoms with van der Waals surface area (Å²) in [5.74, 6) is 0.439. The zero-order chi connectivity index (χ0) is 16.3. The maximum atomic E-state index is 12.1. The second kappa shape index (κ2) is 9.85. The van der Waals surface area contributed by atoms with Crippen LogP contribution < -0.4 is 16.0 Å². The Morgan fingerprint density at radius 2 is 1.92 bits per heavy atom. The van der Waals surface area contributed by atoms with Gasteiger partial charge < -0.3 is 16.0 Å². The number of carbonyl (C=O) groups is 1. The maximum Gasteiger partial charge on any atom is 0.237 e. The van der Waals surface area contributed by atoms with Gasteiger partial charge in [-0.25, -0.2) is 0 Å². The highest BCUT2D eigenvalue weighted by Gasteiger charge is 2.29. The molecule has 1 heterocycles. The van der Waals surface area contributed by atoms with Gasteiger partial charge in [-0.3, -0.25) is 4.79 Å². The molecule has 1 aromatic carbocycles. The van der Waals surface area contributed by atoms with E-state index in [1.807, 2.05) is 20.8 Å². The SMILES string of the molecule is CC(C)(C)[C@H](N)C(=O)NCC1CCN(c2ccc(Br)cc2)C1.Cl.Cl. The molecule has 1 aliphatic heterocycles. The molecular weight excluding hydrogens is 413 g/mol. The number of rotatable bonds is 4. The molecule has 0 bridgehead atoms. The summed E-state index contributed by atoms with van der Waals surface area (Å²) < 4.78 is 1.09. The number of halogens is 3. The van der Waals surface area contributed by atoms with Crippen LogP contribution >= 0.6 is 40.7 Å². The number of nitrogens with two attached hydrogens (primary N) is 1. The molecule has 7 heteroatoms. The van der Waals surface area contributed by atoms with Gasteiger partial charge in [-0.1, -0.05) is 36.7 Å². The summed E-state index contributed by atoms with van der Waals surface area (Å²) in [5.41, 5.74) is 7.02. The van der Waals surface area contributed by atoms with E-state index in [2.05, 4.69) is 50.4 Å². The second-order valence-corrected chi connectivity index (χ2v) is 8.08. The molecule has 2 rings (SSSR count). The lowest BCUT2D eigenvalue weighted by Crippen LogP contribution is -2.49. The van der Waals surface area contributed by atoms with Gasteiger partial charge in [0, 0.05) is 29.8 Å². The predicted octanol–water partition coefficient (Wildman–Crippen LogP) is 3.61. The van der Waals surface area contributed by atoms with Crippen molar-refractivity contribution in [1.29, 1.82) is 0 Å². The molecule has 3 N–H and O–H groups in total. The summed E-state index contributed by atoms with van der Waals surface area (Å²) in [5, 5.41) is 3.01. The van der Waals surface area contributed by atoms with Crippen LogP contribution in [0.15, 0.2) is 28.7 Å². The summed E-state index contributed by atoms with van der Waals surface area (Å²) >= 11 is 3.46. The molecule has 24 heavy (non-hydrogen) atoms. The van der Waals surface area contributed by atoms with Crippen molar-refractivity contribution in [2.45, 2.75) is 33.2 Å². The minimum absolute atomic E-state index is 0. The van der Waals surface area contributed by atoms with Crippen molar-refractivity contribution in [2.24, 2.45) is 17.1 Å². The molecule has 1 saturated heterocycles. The summed E-state index contributed by atoms with van der Waals surface area (Å²) in [6, 6.07) is 7.91. The fourth-order valence-corrected chi connectivity index (χ4v) is 2.90. The lowest BCUT2D eigenvalue weighted by atomic mass is 9.87. The van der Waals surface area contributed by atoms with E-state index < -0.39 is 6.04 Å². The van der Waals surface area contributed by atoms with Crippen molar-refractivity contribution in [3.8, 4) is 0 Å². The molecule has 1 unspecified atom stereocenters. The zero-order valence-corrected chi connectivity index (χ0v) is 17.6. The van der Waals surface area contributed by atoms with E-state index >= 15 is 0 Å². The Bertz CT molecular complexity index is 520. The molecule has 1 aliphatic rings. The number of nitrogens with zero attached hydrogens (tertiary/aromatic N) is 1. The molecule has 0 aliphatic carbocycles. The highest BCUT2D eigenvalue weighted by molar-refractivity contribution is 9.10. The average Bonchev–Trinajstić information content (AvgIpc) is 2.92. The third kappa shape index (κ3) is 6.43. The number of amides is 1. The lowest BCUT2D eigenvalue weighted by Gasteiger charge is -2.26. The highest BCUT2D eigenvalue weighted by atomic mass is 79.9. The van der Waals surface area contributed by atoms with Crippen LogP contribution in [-0.2, 0) is 4.79 Å². The van der Waals surface area contributed by atoms with Crippen LogP contribution in [0.3, 0.4) is 0 Å². The molecule has 1 amide bonds. The Hall–Kier alpha value is -0.490. The molecule has 0 aromatic heterocycles. The molecular formula is C17H28BrCl2N3O. The number of carbonyl (C=O) groups excluding carboxylic acids is 1. The van der Waals surface area contributed by atoms with E-state index in [0.29, 0.717) is 12.5 Å². The van der Waals surface area contributed by atoms with Gasteiger partial charge in [0.15, 0.2) is 0 Å². The first-order chi connectivity index (χ1) is 10.3. The molecule has 1 fully saturated rings. The number of hydrogen-bond donors (Lipinski definition) is 2. The van der Waals surface area contributed by atoms with Crippen molar-refractivity contribution < 1.29 is 4.79 Å². The van der Waals surface area contributed by atoms with Gasteiger partial charge in [-0.15, -0.1) is 24.8 Å². The first-order valence-corrected chi connectivity index (χ1v) is 8.60. The Morgan fingerprint density at radius 3 is 2.46 bits per heavy atom. The Balaban J connectivity index is 0.00000264. The largest absolute Gasteiger partial charge is 0.371 e. The molecule has 138 valence electrons. The van der Waals surface area contributed by atoms with Crippen LogP contribution in [0.5, 0.6) is 0 Å². The van der Waals surface area contributed by atoms with E-state index in [9.17, 15) is 4.79 Å². The molecule has 0 radical (unpaired) electrons. The van der Waals surface area contributed by atoms with Gasteiger partial charge >= 0.3 is 0 Å². The minimum Gasteiger partial charge on any atom is -0.371 e. The van der Waals surface area contributed by atoms with Crippen LogP contribution in [0.2, 0.25) is 0 Å². The Labute approximate surface area is 165 Å². The van der Waals surface area contributed by atoms with E-state index in [0.717, 1.165) is 24.0 Å².